The lowest BCUT2D eigenvalue weighted by molar-refractivity contribution is 0.0982. The molecule has 0 saturated heterocycles. The second-order valence-corrected chi connectivity index (χ2v) is 8.32. The van der Waals surface area contributed by atoms with E-state index in [1.54, 1.807) is 6.07 Å². The highest BCUT2D eigenvalue weighted by atomic mass is 35.5. The minimum atomic E-state index is -2.68. The van der Waals surface area contributed by atoms with Crippen molar-refractivity contribution in [1.82, 2.24) is 0 Å². The van der Waals surface area contributed by atoms with Crippen molar-refractivity contribution in [3.63, 3.8) is 0 Å². The molecule has 0 aromatic heterocycles. The molecule has 2 rings (SSSR count). The van der Waals surface area contributed by atoms with Gasteiger partial charge in [0.2, 0.25) is 5.52 Å². The molecule has 0 aliphatic rings. The number of methoxy groups -OCH3 is 3. The zero-order valence-corrected chi connectivity index (χ0v) is 18.0. The third-order valence-electron chi connectivity index (χ3n) is 4.07. The number of ketones is 1. The molecule has 0 amide bonds. The first-order chi connectivity index (χ1) is 13.3. The van der Waals surface area contributed by atoms with Gasteiger partial charge in [-0.2, -0.15) is 0 Å². The Morgan fingerprint density at radius 3 is 1.86 bits per heavy atom. The molecule has 2 unspecified atom stereocenters. The molecule has 0 heterocycles. The summed E-state index contributed by atoms with van der Waals surface area (Å²) in [6.07, 6.45) is 0. The van der Waals surface area contributed by atoms with Crippen molar-refractivity contribution in [2.75, 3.05) is 21.3 Å². The fourth-order valence-electron chi connectivity index (χ4n) is 2.55. The van der Waals surface area contributed by atoms with E-state index < -0.39 is 24.8 Å². The smallest absolute Gasteiger partial charge is 0.250 e. The molecule has 149 valence electrons. The second kappa shape index (κ2) is 9.37. The van der Waals surface area contributed by atoms with Crippen LogP contribution in [0.15, 0.2) is 30.3 Å². The van der Waals surface area contributed by atoms with Crippen molar-refractivity contribution in [3.8, 4) is 17.2 Å². The Bertz CT molecular complexity index is 899. The standard InChI is InChI=1S/C19H18Cl2O6P/c1-10(18(22)16-12(20)6-5-7-13(16)21)28(24)19(23)17-14(26-3)8-11(25-2)9-15(17)27-4/h5-10H,1-4H3. The monoisotopic (exact) mass is 443 g/mol. The first kappa shape index (κ1) is 22.2. The molecular formula is C19H18Cl2O6P. The molecule has 0 aliphatic carbocycles. The van der Waals surface area contributed by atoms with Gasteiger partial charge in [0.25, 0.3) is 0 Å². The number of hydrogen-bond donors (Lipinski definition) is 0. The topological polar surface area (TPSA) is 78.9 Å². The van der Waals surface area contributed by atoms with Crippen LogP contribution in [0.1, 0.15) is 27.6 Å². The number of benzene rings is 2. The van der Waals surface area contributed by atoms with E-state index in [2.05, 4.69) is 0 Å². The summed E-state index contributed by atoms with van der Waals surface area (Å²) in [5, 5.41) is 0.250. The van der Waals surface area contributed by atoms with Gasteiger partial charge in [0, 0.05) is 12.1 Å². The van der Waals surface area contributed by atoms with Crippen LogP contribution in [0.5, 0.6) is 17.2 Å². The van der Waals surface area contributed by atoms with Gasteiger partial charge < -0.3 is 14.2 Å². The highest BCUT2D eigenvalue weighted by Crippen LogP contribution is 2.43. The molecule has 0 aliphatic heterocycles. The zero-order valence-electron chi connectivity index (χ0n) is 15.6. The Kier molecular flexibility index (Phi) is 7.41. The Morgan fingerprint density at radius 2 is 1.43 bits per heavy atom. The van der Waals surface area contributed by atoms with Crippen molar-refractivity contribution in [3.05, 3.63) is 51.5 Å². The Hall–Kier alpha value is -2.14. The first-order valence-electron chi connectivity index (χ1n) is 8.05. The minimum Gasteiger partial charge on any atom is -0.496 e. The summed E-state index contributed by atoms with van der Waals surface area (Å²) in [5.41, 5.74) is -1.94. The normalized spacial score (nSPS) is 12.1. The lowest BCUT2D eigenvalue weighted by atomic mass is 10.1. The van der Waals surface area contributed by atoms with Gasteiger partial charge in [-0.3, -0.25) is 14.2 Å². The van der Waals surface area contributed by atoms with E-state index in [-0.39, 0.29) is 32.7 Å². The van der Waals surface area contributed by atoms with Gasteiger partial charge >= 0.3 is 0 Å². The molecule has 28 heavy (non-hydrogen) atoms. The average molecular weight is 444 g/mol. The van der Waals surface area contributed by atoms with E-state index in [4.69, 9.17) is 37.4 Å². The minimum absolute atomic E-state index is 0.0307. The number of halogens is 2. The van der Waals surface area contributed by atoms with Crippen LogP contribution < -0.4 is 14.2 Å². The van der Waals surface area contributed by atoms with Crippen molar-refractivity contribution in [2.45, 2.75) is 12.6 Å². The molecule has 0 spiro atoms. The van der Waals surface area contributed by atoms with Crippen LogP contribution in [0.4, 0.5) is 0 Å². The fourth-order valence-corrected chi connectivity index (χ4v) is 4.27. The summed E-state index contributed by atoms with van der Waals surface area (Å²) in [6, 6.07) is 7.52. The maximum Gasteiger partial charge on any atom is 0.250 e. The fraction of sp³-hybridized carbons (Fsp3) is 0.263. The van der Waals surface area contributed by atoms with Gasteiger partial charge in [0.1, 0.15) is 22.8 Å². The highest BCUT2D eigenvalue weighted by Gasteiger charge is 2.34. The van der Waals surface area contributed by atoms with E-state index >= 15 is 0 Å². The molecule has 6 nitrogen and oxygen atoms in total. The number of hydrogen-bond acceptors (Lipinski definition) is 6. The van der Waals surface area contributed by atoms with Gasteiger partial charge in [-0.05, 0) is 19.1 Å². The van der Waals surface area contributed by atoms with Crippen LogP contribution in [0.25, 0.3) is 0 Å². The van der Waals surface area contributed by atoms with Gasteiger partial charge in [0.05, 0.1) is 42.6 Å². The molecule has 2 aromatic rings. The lowest BCUT2D eigenvalue weighted by Gasteiger charge is -2.16. The molecule has 0 N–H and O–H groups in total. The Balaban J connectivity index is 2.44. The molecule has 0 bridgehead atoms. The number of Topliss-reactive ketones (excluding diaryl/α,β-unsaturated/α-hetero) is 1. The first-order valence-corrected chi connectivity index (χ1v) is 10.1. The lowest BCUT2D eigenvalue weighted by Crippen LogP contribution is -2.17. The van der Waals surface area contributed by atoms with E-state index in [1.807, 2.05) is 0 Å². The van der Waals surface area contributed by atoms with Crippen LogP contribution in [-0.2, 0) is 4.57 Å². The Labute approximate surface area is 173 Å². The van der Waals surface area contributed by atoms with Gasteiger partial charge in [0.15, 0.2) is 13.6 Å². The summed E-state index contributed by atoms with van der Waals surface area (Å²) in [6.45, 7) is 1.39. The molecule has 9 heteroatoms. The van der Waals surface area contributed by atoms with Crippen LogP contribution in [0, 0.1) is 0 Å². The van der Waals surface area contributed by atoms with E-state index in [0.29, 0.717) is 5.75 Å². The molecule has 0 fully saturated rings. The Morgan fingerprint density at radius 1 is 0.929 bits per heavy atom. The predicted molar refractivity (Wildman–Crippen MR) is 108 cm³/mol. The summed E-state index contributed by atoms with van der Waals surface area (Å²) in [4.78, 5) is 25.7. The number of carbonyl (C=O) groups excluding carboxylic acids is 2. The van der Waals surface area contributed by atoms with Crippen LogP contribution >= 0.6 is 31.0 Å². The maximum absolute atomic E-state index is 12.9. The molecule has 2 atom stereocenters. The highest BCUT2D eigenvalue weighted by molar-refractivity contribution is 7.66. The molecule has 0 saturated carbocycles. The summed E-state index contributed by atoms with van der Waals surface area (Å²) >= 11 is 12.1. The number of rotatable bonds is 8. The summed E-state index contributed by atoms with van der Waals surface area (Å²) in [5.74, 6) is 0.0592. The summed E-state index contributed by atoms with van der Waals surface area (Å²) in [7, 11) is 1.48. The van der Waals surface area contributed by atoms with Crippen molar-refractivity contribution in [2.24, 2.45) is 0 Å². The van der Waals surface area contributed by atoms with E-state index in [0.717, 1.165) is 0 Å². The van der Waals surface area contributed by atoms with Gasteiger partial charge in [-0.25, -0.2) is 0 Å². The molecule has 2 aromatic carbocycles. The van der Waals surface area contributed by atoms with Crippen molar-refractivity contribution >= 4 is 42.3 Å². The molecular weight excluding hydrogens is 426 g/mol. The number of ether oxygens (including phenoxy) is 3. The van der Waals surface area contributed by atoms with E-state index in [9.17, 15) is 14.2 Å². The quantitative estimate of drug-likeness (QED) is 0.409. The van der Waals surface area contributed by atoms with Crippen molar-refractivity contribution < 1.29 is 28.4 Å². The third-order valence-corrected chi connectivity index (χ3v) is 6.26. The predicted octanol–water partition coefficient (Wildman–Crippen LogP) is 5.26. The van der Waals surface area contributed by atoms with Crippen LogP contribution in [0.2, 0.25) is 10.0 Å². The summed E-state index contributed by atoms with van der Waals surface area (Å²) < 4.78 is 28.5. The number of carbonyl (C=O) groups is 2. The maximum atomic E-state index is 12.9. The van der Waals surface area contributed by atoms with Gasteiger partial charge in [-0.1, -0.05) is 29.3 Å². The van der Waals surface area contributed by atoms with E-state index in [1.165, 1.54) is 52.5 Å². The van der Waals surface area contributed by atoms with Crippen molar-refractivity contribution in [1.29, 1.82) is 0 Å². The van der Waals surface area contributed by atoms with Crippen LogP contribution in [0.3, 0.4) is 0 Å². The zero-order chi connectivity index (χ0) is 21.0. The average Bonchev–Trinajstić information content (AvgIpc) is 2.70. The van der Waals surface area contributed by atoms with Gasteiger partial charge in [-0.15, -0.1) is 0 Å². The third kappa shape index (κ3) is 4.30. The SMILES string of the molecule is COc1cc(OC)c(C(=O)[P](=O)C(C)C(=O)c2c(Cl)cccc2Cl)c(OC)c1. The van der Waals surface area contributed by atoms with Crippen LogP contribution in [-0.4, -0.2) is 38.3 Å². The second-order valence-electron chi connectivity index (χ2n) is 5.67. The largest absolute Gasteiger partial charge is 0.496 e. The molecule has 1 radical (unpaired) electrons.